The lowest BCUT2D eigenvalue weighted by molar-refractivity contribution is -0.121. The van der Waals surface area contributed by atoms with Gasteiger partial charge in [-0.2, -0.15) is 0 Å². The molecule has 2 aromatic carbocycles. The fraction of sp³-hybridized carbons (Fsp3) is 0.435. The van der Waals surface area contributed by atoms with Gasteiger partial charge in [0.05, 0.1) is 18.0 Å². The highest BCUT2D eigenvalue weighted by atomic mass is 35.5. The molecule has 5 nitrogen and oxygen atoms in total. The largest absolute Gasteiger partial charge is 0.350 e. The Balaban J connectivity index is 1.55. The summed E-state index contributed by atoms with van der Waals surface area (Å²) in [4.78, 5) is 12.4. The van der Waals surface area contributed by atoms with Gasteiger partial charge in [0.25, 0.3) is 0 Å². The van der Waals surface area contributed by atoms with Gasteiger partial charge in [0.2, 0.25) is 15.9 Å². The normalized spacial score (nSPS) is 14.6. The van der Waals surface area contributed by atoms with Crippen LogP contribution in [0.2, 0.25) is 5.02 Å². The number of fused-ring (bicyclic) bond motifs is 1. The van der Waals surface area contributed by atoms with Gasteiger partial charge in [-0.1, -0.05) is 29.8 Å². The standard InChI is InChI=1S/C23H29ClN2O3S/c1-17(19-10-9-18-6-3-4-7-20(18)16-19)25-23(27)8-5-15-26(30(2,28)29)22-13-11-21(24)12-14-22/h9-14,16-17H,3-8,15H2,1-2H3,(H,25,27). The number of rotatable bonds is 8. The minimum Gasteiger partial charge on any atom is -0.350 e. The van der Waals surface area contributed by atoms with Crippen molar-refractivity contribution in [1.82, 2.24) is 5.32 Å². The fourth-order valence-electron chi connectivity index (χ4n) is 3.90. The third-order valence-corrected chi connectivity index (χ3v) is 6.98. The number of carbonyl (C=O) groups is 1. The molecule has 1 amide bonds. The first-order chi connectivity index (χ1) is 14.2. The Bertz CT molecular complexity index is 990. The maximum Gasteiger partial charge on any atom is 0.232 e. The molecule has 162 valence electrons. The number of aryl methyl sites for hydroxylation is 2. The predicted octanol–water partition coefficient (Wildman–Crippen LogP) is 4.64. The SMILES string of the molecule is CC(NC(=O)CCCN(c1ccc(Cl)cc1)S(C)(=O)=O)c1ccc2c(c1)CCCC2. The molecule has 7 heteroatoms. The molecule has 0 radical (unpaired) electrons. The fourth-order valence-corrected chi connectivity index (χ4v) is 4.99. The summed E-state index contributed by atoms with van der Waals surface area (Å²) in [7, 11) is -3.45. The molecule has 1 aliphatic rings. The lowest BCUT2D eigenvalue weighted by atomic mass is 9.89. The van der Waals surface area contributed by atoms with Crippen molar-refractivity contribution in [1.29, 1.82) is 0 Å². The van der Waals surface area contributed by atoms with E-state index < -0.39 is 10.0 Å². The van der Waals surface area contributed by atoms with Crippen molar-refractivity contribution < 1.29 is 13.2 Å². The lowest BCUT2D eigenvalue weighted by Crippen LogP contribution is -2.32. The van der Waals surface area contributed by atoms with Crippen molar-refractivity contribution in [2.24, 2.45) is 0 Å². The number of nitrogens with zero attached hydrogens (tertiary/aromatic N) is 1. The molecular weight excluding hydrogens is 420 g/mol. The molecule has 3 rings (SSSR count). The summed E-state index contributed by atoms with van der Waals surface area (Å²) in [5.41, 5.74) is 4.48. The number of sulfonamides is 1. The summed E-state index contributed by atoms with van der Waals surface area (Å²) in [6, 6.07) is 13.1. The van der Waals surface area contributed by atoms with Crippen molar-refractivity contribution >= 4 is 33.2 Å². The summed E-state index contributed by atoms with van der Waals surface area (Å²) in [5.74, 6) is -0.0789. The van der Waals surface area contributed by atoms with Crippen LogP contribution in [0.25, 0.3) is 0 Å². The number of halogens is 1. The number of hydrogen-bond acceptors (Lipinski definition) is 3. The average Bonchev–Trinajstić information content (AvgIpc) is 2.71. The number of hydrogen-bond donors (Lipinski definition) is 1. The highest BCUT2D eigenvalue weighted by molar-refractivity contribution is 7.92. The van der Waals surface area contributed by atoms with Crippen LogP contribution in [-0.2, 0) is 27.7 Å². The molecule has 0 heterocycles. The first-order valence-electron chi connectivity index (χ1n) is 10.4. The second-order valence-corrected chi connectivity index (χ2v) is 10.3. The first kappa shape index (κ1) is 22.6. The Morgan fingerprint density at radius 3 is 2.43 bits per heavy atom. The molecule has 0 aromatic heterocycles. The Hall–Kier alpha value is -2.05. The van der Waals surface area contributed by atoms with Crippen molar-refractivity contribution in [3.63, 3.8) is 0 Å². The van der Waals surface area contributed by atoms with E-state index in [9.17, 15) is 13.2 Å². The van der Waals surface area contributed by atoms with Crippen LogP contribution >= 0.6 is 11.6 Å². The van der Waals surface area contributed by atoms with Crippen LogP contribution in [0.3, 0.4) is 0 Å². The number of amides is 1. The second-order valence-electron chi connectivity index (χ2n) is 7.94. The topological polar surface area (TPSA) is 66.5 Å². The van der Waals surface area contributed by atoms with Crippen LogP contribution in [0.1, 0.15) is 55.3 Å². The number of nitrogens with one attached hydrogen (secondary N) is 1. The van der Waals surface area contributed by atoms with Crippen molar-refractivity contribution in [2.75, 3.05) is 17.1 Å². The van der Waals surface area contributed by atoms with E-state index in [1.54, 1.807) is 24.3 Å². The quantitative estimate of drug-likeness (QED) is 0.639. The van der Waals surface area contributed by atoms with Gasteiger partial charge in [-0.05, 0) is 80.0 Å². The average molecular weight is 449 g/mol. The molecule has 0 aliphatic heterocycles. The van der Waals surface area contributed by atoms with Crippen LogP contribution in [0, 0.1) is 0 Å². The molecule has 0 saturated carbocycles. The molecule has 1 N–H and O–H groups in total. The molecule has 0 fully saturated rings. The highest BCUT2D eigenvalue weighted by Crippen LogP contribution is 2.25. The predicted molar refractivity (Wildman–Crippen MR) is 123 cm³/mol. The molecule has 1 atom stereocenters. The van der Waals surface area contributed by atoms with Crippen LogP contribution < -0.4 is 9.62 Å². The highest BCUT2D eigenvalue weighted by Gasteiger charge is 2.18. The van der Waals surface area contributed by atoms with Gasteiger partial charge in [-0.15, -0.1) is 0 Å². The van der Waals surface area contributed by atoms with E-state index in [0.717, 1.165) is 18.4 Å². The zero-order valence-corrected chi connectivity index (χ0v) is 19.1. The van der Waals surface area contributed by atoms with E-state index in [1.165, 1.54) is 34.5 Å². The summed E-state index contributed by atoms with van der Waals surface area (Å²) in [6.07, 6.45) is 6.57. The van der Waals surface area contributed by atoms with Gasteiger partial charge < -0.3 is 5.32 Å². The number of carbonyl (C=O) groups excluding carboxylic acids is 1. The maximum atomic E-state index is 12.4. The smallest absolute Gasteiger partial charge is 0.232 e. The lowest BCUT2D eigenvalue weighted by Gasteiger charge is -2.23. The van der Waals surface area contributed by atoms with E-state index in [0.29, 0.717) is 17.1 Å². The molecule has 1 unspecified atom stereocenters. The maximum absolute atomic E-state index is 12.4. The van der Waals surface area contributed by atoms with Gasteiger partial charge in [0.15, 0.2) is 0 Å². The van der Waals surface area contributed by atoms with Crippen LogP contribution in [0.15, 0.2) is 42.5 Å². The summed E-state index contributed by atoms with van der Waals surface area (Å²) in [6.45, 7) is 2.22. The molecule has 0 bridgehead atoms. The molecule has 30 heavy (non-hydrogen) atoms. The monoisotopic (exact) mass is 448 g/mol. The zero-order chi connectivity index (χ0) is 21.7. The van der Waals surface area contributed by atoms with E-state index >= 15 is 0 Å². The Kier molecular flexibility index (Phi) is 7.42. The van der Waals surface area contributed by atoms with Crippen LogP contribution in [0.4, 0.5) is 5.69 Å². The van der Waals surface area contributed by atoms with Gasteiger partial charge in [-0.3, -0.25) is 9.10 Å². The van der Waals surface area contributed by atoms with E-state index in [4.69, 9.17) is 11.6 Å². The summed E-state index contributed by atoms with van der Waals surface area (Å²) < 4.78 is 25.6. The number of benzene rings is 2. The molecule has 2 aromatic rings. The van der Waals surface area contributed by atoms with E-state index in [-0.39, 0.29) is 24.9 Å². The van der Waals surface area contributed by atoms with Gasteiger partial charge in [0, 0.05) is 18.0 Å². The van der Waals surface area contributed by atoms with Crippen molar-refractivity contribution in [3.05, 3.63) is 64.2 Å². The third-order valence-electron chi connectivity index (χ3n) is 5.53. The van der Waals surface area contributed by atoms with Gasteiger partial charge in [-0.25, -0.2) is 8.42 Å². The third kappa shape index (κ3) is 5.99. The zero-order valence-electron chi connectivity index (χ0n) is 17.5. The molecule has 0 spiro atoms. The Morgan fingerprint density at radius 1 is 1.10 bits per heavy atom. The molecule has 1 aliphatic carbocycles. The Morgan fingerprint density at radius 2 is 1.77 bits per heavy atom. The van der Waals surface area contributed by atoms with Gasteiger partial charge >= 0.3 is 0 Å². The van der Waals surface area contributed by atoms with Gasteiger partial charge in [0.1, 0.15) is 0 Å². The van der Waals surface area contributed by atoms with E-state index in [1.807, 2.05) is 6.92 Å². The summed E-state index contributed by atoms with van der Waals surface area (Å²) in [5, 5.41) is 3.58. The summed E-state index contributed by atoms with van der Waals surface area (Å²) >= 11 is 5.89. The second kappa shape index (κ2) is 9.84. The van der Waals surface area contributed by atoms with Crippen LogP contribution in [0.5, 0.6) is 0 Å². The number of anilines is 1. The molecular formula is C23H29ClN2O3S. The minimum atomic E-state index is -3.45. The minimum absolute atomic E-state index is 0.0768. The van der Waals surface area contributed by atoms with Crippen LogP contribution in [-0.4, -0.2) is 27.1 Å². The molecule has 0 saturated heterocycles. The van der Waals surface area contributed by atoms with Crippen molar-refractivity contribution in [3.8, 4) is 0 Å². The first-order valence-corrected chi connectivity index (χ1v) is 12.6. The van der Waals surface area contributed by atoms with E-state index in [2.05, 4.69) is 23.5 Å². The Labute approximate surface area is 184 Å². The van der Waals surface area contributed by atoms with Crippen molar-refractivity contribution in [2.45, 2.75) is 51.5 Å².